The van der Waals surface area contributed by atoms with Crippen LogP contribution in [0.3, 0.4) is 0 Å². The summed E-state index contributed by atoms with van der Waals surface area (Å²) in [4.78, 5) is 10.3. The molecule has 0 rings (SSSR count). The Labute approximate surface area is 80.3 Å². The van der Waals surface area contributed by atoms with Gasteiger partial charge < -0.3 is 14.2 Å². The topological polar surface area (TPSA) is 44.8 Å². The molecule has 0 saturated carbocycles. The van der Waals surface area contributed by atoms with Gasteiger partial charge in [0.1, 0.15) is 0 Å². The van der Waals surface area contributed by atoms with Crippen LogP contribution in [0.2, 0.25) is 0 Å². The molecule has 0 aliphatic carbocycles. The molecule has 0 radical (unpaired) electrons. The number of methoxy groups -OCH3 is 1. The number of alkyl halides is 1. The zero-order chi connectivity index (χ0) is 9.23. The summed E-state index contributed by atoms with van der Waals surface area (Å²) in [5.41, 5.74) is 0. The van der Waals surface area contributed by atoms with Gasteiger partial charge in [-0.15, -0.1) is 0 Å². The molecule has 12 heavy (non-hydrogen) atoms. The van der Waals surface area contributed by atoms with Crippen LogP contribution in [0.25, 0.3) is 0 Å². The number of halogens is 1. The lowest BCUT2D eigenvalue weighted by molar-refractivity contribution is -0.158. The molecule has 0 aromatic heterocycles. The fraction of sp³-hybridized carbons (Fsp3) is 0.857. The maximum Gasteiger partial charge on any atom is 0.214 e. The van der Waals surface area contributed by atoms with Crippen LogP contribution in [0.5, 0.6) is 0 Å². The van der Waals surface area contributed by atoms with Crippen molar-refractivity contribution in [3.63, 3.8) is 0 Å². The standard InChI is InChI=1S/C7H13BrO4/c1-10-4-5-12-7(6-9)11-3-2-8/h6-7H,2-5H2,1H3/t7-/m1/s1. The van der Waals surface area contributed by atoms with E-state index in [4.69, 9.17) is 14.2 Å². The highest BCUT2D eigenvalue weighted by Gasteiger charge is 2.05. The van der Waals surface area contributed by atoms with E-state index in [0.29, 0.717) is 31.4 Å². The summed E-state index contributed by atoms with van der Waals surface area (Å²) in [6.45, 7) is 1.28. The van der Waals surface area contributed by atoms with E-state index in [-0.39, 0.29) is 0 Å². The molecule has 72 valence electrons. The SMILES string of the molecule is COCCO[C@H](C=O)OCCBr. The van der Waals surface area contributed by atoms with Crippen LogP contribution in [0, 0.1) is 0 Å². The highest BCUT2D eigenvalue weighted by molar-refractivity contribution is 9.09. The fourth-order valence-electron chi connectivity index (χ4n) is 0.535. The van der Waals surface area contributed by atoms with E-state index in [0.717, 1.165) is 0 Å². The van der Waals surface area contributed by atoms with Crippen molar-refractivity contribution in [2.45, 2.75) is 6.29 Å². The highest BCUT2D eigenvalue weighted by Crippen LogP contribution is 1.92. The van der Waals surface area contributed by atoms with Gasteiger partial charge in [0.15, 0.2) is 6.29 Å². The molecular weight excluding hydrogens is 228 g/mol. The number of ether oxygens (including phenoxy) is 3. The minimum atomic E-state index is -0.766. The van der Waals surface area contributed by atoms with Crippen molar-refractivity contribution in [2.24, 2.45) is 0 Å². The number of rotatable bonds is 8. The molecule has 4 nitrogen and oxygen atoms in total. The summed E-state index contributed by atoms with van der Waals surface area (Å²) in [5.74, 6) is 0. The van der Waals surface area contributed by atoms with E-state index in [1.165, 1.54) is 0 Å². The van der Waals surface area contributed by atoms with Crippen molar-refractivity contribution in [1.82, 2.24) is 0 Å². The van der Waals surface area contributed by atoms with Crippen molar-refractivity contribution in [1.29, 1.82) is 0 Å². The average Bonchev–Trinajstić information content (AvgIpc) is 2.11. The number of hydrogen-bond donors (Lipinski definition) is 0. The van der Waals surface area contributed by atoms with Crippen LogP contribution in [0.15, 0.2) is 0 Å². The summed E-state index contributed by atoms with van der Waals surface area (Å²) in [6, 6.07) is 0. The second-order valence-electron chi connectivity index (χ2n) is 1.93. The summed E-state index contributed by atoms with van der Waals surface area (Å²) in [6.07, 6.45) is -0.143. The fourth-order valence-corrected chi connectivity index (χ4v) is 0.722. The third-order valence-electron chi connectivity index (χ3n) is 1.04. The summed E-state index contributed by atoms with van der Waals surface area (Å²) in [7, 11) is 1.57. The van der Waals surface area contributed by atoms with Crippen LogP contribution in [0.4, 0.5) is 0 Å². The van der Waals surface area contributed by atoms with E-state index >= 15 is 0 Å². The first kappa shape index (κ1) is 12.0. The minimum Gasteiger partial charge on any atom is -0.382 e. The number of carbonyl (C=O) groups is 1. The van der Waals surface area contributed by atoms with E-state index in [1.54, 1.807) is 7.11 Å². The van der Waals surface area contributed by atoms with Crippen LogP contribution >= 0.6 is 15.9 Å². The molecule has 0 N–H and O–H groups in total. The Hall–Kier alpha value is 0.0300. The first-order chi connectivity index (χ1) is 5.85. The molecule has 0 unspecified atom stereocenters. The number of aldehydes is 1. The summed E-state index contributed by atoms with van der Waals surface area (Å²) in [5, 5.41) is 0.685. The van der Waals surface area contributed by atoms with Crippen molar-refractivity contribution in [3.05, 3.63) is 0 Å². The first-order valence-electron chi connectivity index (χ1n) is 3.58. The molecule has 0 aliphatic rings. The maximum atomic E-state index is 10.3. The summed E-state index contributed by atoms with van der Waals surface area (Å²) < 4.78 is 14.7. The number of carbonyl (C=O) groups excluding carboxylic acids is 1. The first-order valence-corrected chi connectivity index (χ1v) is 4.70. The quantitative estimate of drug-likeness (QED) is 0.270. The number of hydrogen-bond acceptors (Lipinski definition) is 4. The third-order valence-corrected chi connectivity index (χ3v) is 1.36. The Kier molecular flexibility index (Phi) is 9.14. The van der Waals surface area contributed by atoms with E-state index in [1.807, 2.05) is 0 Å². The highest BCUT2D eigenvalue weighted by atomic mass is 79.9. The third kappa shape index (κ3) is 6.72. The maximum absolute atomic E-state index is 10.3. The van der Waals surface area contributed by atoms with Crippen LogP contribution < -0.4 is 0 Å². The molecule has 0 aromatic rings. The van der Waals surface area contributed by atoms with E-state index < -0.39 is 6.29 Å². The Morgan fingerprint density at radius 2 is 2.00 bits per heavy atom. The second kappa shape index (κ2) is 9.12. The van der Waals surface area contributed by atoms with Gasteiger partial charge in [0, 0.05) is 12.4 Å². The van der Waals surface area contributed by atoms with Gasteiger partial charge in [0.2, 0.25) is 6.29 Å². The van der Waals surface area contributed by atoms with Gasteiger partial charge in [0.05, 0.1) is 19.8 Å². The van der Waals surface area contributed by atoms with Crippen molar-refractivity contribution in [3.8, 4) is 0 Å². The van der Waals surface area contributed by atoms with Crippen molar-refractivity contribution >= 4 is 22.2 Å². The van der Waals surface area contributed by atoms with Gasteiger partial charge in [0.25, 0.3) is 0 Å². The predicted molar refractivity (Wildman–Crippen MR) is 47.4 cm³/mol. The van der Waals surface area contributed by atoms with Gasteiger partial charge in [-0.05, 0) is 0 Å². The lowest BCUT2D eigenvalue weighted by Crippen LogP contribution is -2.21. The van der Waals surface area contributed by atoms with Gasteiger partial charge in [-0.1, -0.05) is 15.9 Å². The molecule has 0 aliphatic heterocycles. The smallest absolute Gasteiger partial charge is 0.214 e. The van der Waals surface area contributed by atoms with Gasteiger partial charge in [-0.3, -0.25) is 4.79 Å². The Morgan fingerprint density at radius 1 is 1.33 bits per heavy atom. The zero-order valence-corrected chi connectivity index (χ0v) is 8.58. The van der Waals surface area contributed by atoms with Crippen LogP contribution in [0.1, 0.15) is 0 Å². The van der Waals surface area contributed by atoms with Crippen LogP contribution in [-0.2, 0) is 19.0 Å². The van der Waals surface area contributed by atoms with E-state index in [2.05, 4.69) is 15.9 Å². The van der Waals surface area contributed by atoms with Gasteiger partial charge in [-0.2, -0.15) is 0 Å². The molecule has 0 bridgehead atoms. The lowest BCUT2D eigenvalue weighted by atomic mass is 10.7. The Morgan fingerprint density at radius 3 is 2.50 bits per heavy atom. The normalized spacial score (nSPS) is 12.8. The molecule has 0 amide bonds. The Bertz CT molecular complexity index is 110. The monoisotopic (exact) mass is 240 g/mol. The largest absolute Gasteiger partial charge is 0.382 e. The minimum absolute atomic E-state index is 0.363. The van der Waals surface area contributed by atoms with Gasteiger partial charge >= 0.3 is 0 Å². The molecule has 0 spiro atoms. The average molecular weight is 241 g/mol. The lowest BCUT2D eigenvalue weighted by Gasteiger charge is -2.11. The molecule has 0 aromatic carbocycles. The second-order valence-corrected chi connectivity index (χ2v) is 2.72. The predicted octanol–water partition coefficient (Wildman–Crippen LogP) is 0.586. The van der Waals surface area contributed by atoms with Crippen molar-refractivity contribution < 1.29 is 19.0 Å². The van der Waals surface area contributed by atoms with Crippen molar-refractivity contribution in [2.75, 3.05) is 32.3 Å². The van der Waals surface area contributed by atoms with Crippen LogP contribution in [-0.4, -0.2) is 44.8 Å². The molecule has 5 heteroatoms. The molecular formula is C7H13BrO4. The zero-order valence-electron chi connectivity index (χ0n) is 6.99. The summed E-state index contributed by atoms with van der Waals surface area (Å²) >= 11 is 3.17. The molecule has 0 fully saturated rings. The Balaban J connectivity index is 3.32. The van der Waals surface area contributed by atoms with Gasteiger partial charge in [-0.25, -0.2) is 0 Å². The van der Waals surface area contributed by atoms with E-state index in [9.17, 15) is 4.79 Å². The molecule has 0 saturated heterocycles. The molecule has 1 atom stereocenters. The molecule has 0 heterocycles.